The zero-order valence-electron chi connectivity index (χ0n) is 8.03. The topological polar surface area (TPSA) is 81.1 Å². The molecule has 0 aromatic carbocycles. The SMILES string of the molecule is Cc1c(C(=O)O)nn(C2CCC2)c1N. The number of anilines is 1. The number of aromatic nitrogens is 2. The van der Waals surface area contributed by atoms with E-state index in [1.165, 1.54) is 6.42 Å². The first-order valence-corrected chi connectivity index (χ1v) is 4.69. The first-order chi connectivity index (χ1) is 6.61. The number of aromatic carboxylic acids is 1. The highest BCUT2D eigenvalue weighted by Crippen LogP contribution is 2.34. The quantitative estimate of drug-likeness (QED) is 0.742. The summed E-state index contributed by atoms with van der Waals surface area (Å²) >= 11 is 0. The van der Waals surface area contributed by atoms with Crippen molar-refractivity contribution in [2.24, 2.45) is 0 Å². The van der Waals surface area contributed by atoms with Gasteiger partial charge in [-0.3, -0.25) is 0 Å². The second kappa shape index (κ2) is 3.01. The maximum atomic E-state index is 10.8. The van der Waals surface area contributed by atoms with E-state index in [4.69, 9.17) is 10.8 Å². The van der Waals surface area contributed by atoms with Crippen molar-refractivity contribution in [3.63, 3.8) is 0 Å². The van der Waals surface area contributed by atoms with Gasteiger partial charge in [0, 0.05) is 5.56 Å². The fourth-order valence-corrected chi connectivity index (χ4v) is 1.64. The standard InChI is InChI=1S/C9H13N3O2/c1-5-7(9(13)14)11-12(8(5)10)6-3-2-4-6/h6H,2-4,10H2,1H3,(H,13,14). The molecular weight excluding hydrogens is 182 g/mol. The highest BCUT2D eigenvalue weighted by atomic mass is 16.4. The van der Waals surface area contributed by atoms with Gasteiger partial charge in [-0.15, -0.1) is 0 Å². The van der Waals surface area contributed by atoms with Crippen LogP contribution in [-0.4, -0.2) is 20.9 Å². The highest BCUT2D eigenvalue weighted by Gasteiger charge is 2.26. The maximum absolute atomic E-state index is 10.8. The van der Waals surface area contributed by atoms with E-state index < -0.39 is 5.97 Å². The molecule has 0 spiro atoms. The lowest BCUT2D eigenvalue weighted by Gasteiger charge is -2.26. The monoisotopic (exact) mass is 195 g/mol. The first-order valence-electron chi connectivity index (χ1n) is 4.69. The van der Waals surface area contributed by atoms with Crippen LogP contribution in [-0.2, 0) is 0 Å². The van der Waals surface area contributed by atoms with Crippen molar-refractivity contribution in [3.05, 3.63) is 11.3 Å². The van der Waals surface area contributed by atoms with Crippen LogP contribution in [0, 0.1) is 6.92 Å². The number of carboxylic acid groups (broad SMARTS) is 1. The Morgan fingerprint density at radius 1 is 1.64 bits per heavy atom. The molecule has 0 unspecified atom stereocenters. The normalized spacial score (nSPS) is 16.6. The van der Waals surface area contributed by atoms with Crippen LogP contribution in [0.3, 0.4) is 0 Å². The van der Waals surface area contributed by atoms with E-state index in [-0.39, 0.29) is 5.69 Å². The summed E-state index contributed by atoms with van der Waals surface area (Å²) in [6.07, 6.45) is 3.26. The third-order valence-corrected chi connectivity index (χ3v) is 2.82. The van der Waals surface area contributed by atoms with Gasteiger partial charge in [0.2, 0.25) is 0 Å². The molecule has 14 heavy (non-hydrogen) atoms. The fourth-order valence-electron chi connectivity index (χ4n) is 1.64. The molecular formula is C9H13N3O2. The number of hydrogen-bond acceptors (Lipinski definition) is 3. The molecule has 1 heterocycles. The predicted octanol–water partition coefficient (Wildman–Crippen LogP) is 1.20. The summed E-state index contributed by atoms with van der Waals surface area (Å²) in [5, 5.41) is 12.9. The Kier molecular flexibility index (Phi) is 1.94. The average Bonchev–Trinajstić information content (AvgIpc) is 2.30. The molecule has 2 rings (SSSR count). The second-order valence-corrected chi connectivity index (χ2v) is 3.69. The molecule has 76 valence electrons. The number of nitrogen functional groups attached to an aromatic ring is 1. The summed E-state index contributed by atoms with van der Waals surface area (Å²) < 4.78 is 1.66. The molecule has 5 heteroatoms. The third kappa shape index (κ3) is 1.16. The van der Waals surface area contributed by atoms with Gasteiger partial charge in [0.05, 0.1) is 6.04 Å². The van der Waals surface area contributed by atoms with Gasteiger partial charge in [-0.05, 0) is 26.2 Å². The van der Waals surface area contributed by atoms with Crippen molar-refractivity contribution < 1.29 is 9.90 Å². The van der Waals surface area contributed by atoms with E-state index in [1.54, 1.807) is 11.6 Å². The van der Waals surface area contributed by atoms with E-state index >= 15 is 0 Å². The van der Waals surface area contributed by atoms with Crippen molar-refractivity contribution in [3.8, 4) is 0 Å². The smallest absolute Gasteiger partial charge is 0.356 e. The lowest BCUT2D eigenvalue weighted by molar-refractivity contribution is 0.0688. The van der Waals surface area contributed by atoms with Gasteiger partial charge in [0.25, 0.3) is 0 Å². The molecule has 1 aromatic heterocycles. The number of carboxylic acids is 1. The van der Waals surface area contributed by atoms with Crippen molar-refractivity contribution in [2.75, 3.05) is 5.73 Å². The van der Waals surface area contributed by atoms with Gasteiger partial charge in [0.1, 0.15) is 5.82 Å². The molecule has 1 aliphatic carbocycles. The zero-order valence-corrected chi connectivity index (χ0v) is 8.03. The van der Waals surface area contributed by atoms with E-state index in [9.17, 15) is 4.79 Å². The Bertz CT molecular complexity index is 380. The molecule has 0 bridgehead atoms. The Hall–Kier alpha value is -1.52. The zero-order chi connectivity index (χ0) is 10.3. The third-order valence-electron chi connectivity index (χ3n) is 2.82. The summed E-state index contributed by atoms with van der Waals surface area (Å²) in [7, 11) is 0. The van der Waals surface area contributed by atoms with Crippen molar-refractivity contribution >= 4 is 11.8 Å². The number of nitrogens with two attached hydrogens (primary N) is 1. The molecule has 0 aliphatic heterocycles. The van der Waals surface area contributed by atoms with Gasteiger partial charge in [0.15, 0.2) is 5.69 Å². The number of hydrogen-bond donors (Lipinski definition) is 2. The van der Waals surface area contributed by atoms with E-state index in [0.29, 0.717) is 17.4 Å². The number of carbonyl (C=O) groups is 1. The summed E-state index contributed by atoms with van der Waals surface area (Å²) in [5.41, 5.74) is 6.44. The first kappa shape index (κ1) is 9.05. The van der Waals surface area contributed by atoms with Crippen molar-refractivity contribution in [1.82, 2.24) is 9.78 Å². The average molecular weight is 195 g/mol. The van der Waals surface area contributed by atoms with E-state index in [2.05, 4.69) is 5.10 Å². The minimum absolute atomic E-state index is 0.0781. The van der Waals surface area contributed by atoms with Gasteiger partial charge in [-0.1, -0.05) is 0 Å². The maximum Gasteiger partial charge on any atom is 0.356 e. The Balaban J connectivity index is 2.41. The Morgan fingerprint density at radius 3 is 2.64 bits per heavy atom. The van der Waals surface area contributed by atoms with Crippen LogP contribution in [0.1, 0.15) is 41.4 Å². The minimum atomic E-state index is -1.01. The van der Waals surface area contributed by atoms with Gasteiger partial charge < -0.3 is 10.8 Å². The lowest BCUT2D eigenvalue weighted by Crippen LogP contribution is -2.20. The summed E-state index contributed by atoms with van der Waals surface area (Å²) in [6, 6.07) is 0.307. The fraction of sp³-hybridized carbons (Fsp3) is 0.556. The predicted molar refractivity (Wildman–Crippen MR) is 51.2 cm³/mol. The molecule has 1 saturated carbocycles. The molecule has 5 nitrogen and oxygen atoms in total. The van der Waals surface area contributed by atoms with Crippen molar-refractivity contribution in [2.45, 2.75) is 32.2 Å². The van der Waals surface area contributed by atoms with E-state index in [1.807, 2.05) is 0 Å². The Morgan fingerprint density at radius 2 is 2.29 bits per heavy atom. The molecule has 0 atom stereocenters. The van der Waals surface area contributed by atoms with E-state index in [0.717, 1.165) is 12.8 Å². The minimum Gasteiger partial charge on any atom is -0.476 e. The van der Waals surface area contributed by atoms with Gasteiger partial charge >= 0.3 is 5.97 Å². The molecule has 3 N–H and O–H groups in total. The van der Waals surface area contributed by atoms with Crippen LogP contribution < -0.4 is 5.73 Å². The largest absolute Gasteiger partial charge is 0.476 e. The summed E-state index contributed by atoms with van der Waals surface area (Å²) in [6.45, 7) is 1.70. The summed E-state index contributed by atoms with van der Waals surface area (Å²) in [5.74, 6) is -0.514. The molecule has 0 amide bonds. The molecule has 0 saturated heterocycles. The van der Waals surface area contributed by atoms with Crippen LogP contribution >= 0.6 is 0 Å². The highest BCUT2D eigenvalue weighted by molar-refractivity contribution is 5.88. The van der Waals surface area contributed by atoms with Gasteiger partial charge in [-0.25, -0.2) is 9.48 Å². The van der Waals surface area contributed by atoms with Crippen LogP contribution in [0.25, 0.3) is 0 Å². The molecule has 0 radical (unpaired) electrons. The molecule has 1 fully saturated rings. The van der Waals surface area contributed by atoms with Crippen LogP contribution in [0.15, 0.2) is 0 Å². The van der Waals surface area contributed by atoms with Crippen LogP contribution in [0.5, 0.6) is 0 Å². The lowest BCUT2D eigenvalue weighted by atomic mass is 9.93. The van der Waals surface area contributed by atoms with Crippen LogP contribution in [0.4, 0.5) is 5.82 Å². The second-order valence-electron chi connectivity index (χ2n) is 3.69. The molecule has 1 aromatic rings. The Labute approximate surface area is 81.5 Å². The number of rotatable bonds is 2. The van der Waals surface area contributed by atoms with Crippen LogP contribution in [0.2, 0.25) is 0 Å². The number of nitrogens with zero attached hydrogens (tertiary/aromatic N) is 2. The summed E-state index contributed by atoms with van der Waals surface area (Å²) in [4.78, 5) is 10.8. The molecule has 1 aliphatic rings. The van der Waals surface area contributed by atoms with Gasteiger partial charge in [-0.2, -0.15) is 5.10 Å². The van der Waals surface area contributed by atoms with Crippen molar-refractivity contribution in [1.29, 1.82) is 0 Å².